The fraction of sp³-hybridized carbons (Fsp3) is 0.353. The van der Waals surface area contributed by atoms with Crippen molar-refractivity contribution in [1.29, 1.82) is 0 Å². The Balaban J connectivity index is 1.47. The molecule has 1 fully saturated rings. The van der Waals surface area contributed by atoms with Crippen molar-refractivity contribution in [2.45, 2.75) is 18.9 Å². The summed E-state index contributed by atoms with van der Waals surface area (Å²) in [5, 5.41) is 8.87. The van der Waals surface area contributed by atoms with Crippen molar-refractivity contribution in [3.05, 3.63) is 41.2 Å². The predicted octanol–water partition coefficient (Wildman–Crippen LogP) is 3.08. The molecule has 1 N–H and O–H groups in total. The number of benzene rings is 1. The fourth-order valence-electron chi connectivity index (χ4n) is 3.10. The first-order valence-electron chi connectivity index (χ1n) is 8.19. The van der Waals surface area contributed by atoms with Crippen LogP contribution in [0, 0.1) is 0 Å². The average Bonchev–Trinajstić information content (AvgIpc) is 3.21. The van der Waals surface area contributed by atoms with Gasteiger partial charge in [-0.3, -0.25) is 9.48 Å². The highest BCUT2D eigenvalue weighted by Crippen LogP contribution is 2.32. The van der Waals surface area contributed by atoms with Crippen LogP contribution < -0.4 is 10.2 Å². The number of anilines is 1. The van der Waals surface area contributed by atoms with E-state index in [4.69, 9.17) is 16.6 Å². The molecule has 3 aromatic rings. The van der Waals surface area contributed by atoms with Crippen LogP contribution in [0.15, 0.2) is 30.6 Å². The number of hydrogen-bond acceptors (Lipinski definition) is 5. The van der Waals surface area contributed by atoms with Crippen LogP contribution in [-0.2, 0) is 7.05 Å². The van der Waals surface area contributed by atoms with Gasteiger partial charge in [0.2, 0.25) is 0 Å². The van der Waals surface area contributed by atoms with E-state index in [1.54, 1.807) is 35.5 Å². The summed E-state index contributed by atoms with van der Waals surface area (Å²) in [5.41, 5.74) is 1.56. The minimum atomic E-state index is -0.0731. The largest absolute Gasteiger partial charge is 0.347 e. The molecule has 6 nitrogen and oxygen atoms in total. The molecule has 0 saturated carbocycles. The number of carbonyl (C=O) groups is 1. The molecule has 0 aliphatic carbocycles. The molecule has 1 aliphatic rings. The number of aromatic nitrogens is 3. The average molecular weight is 376 g/mol. The predicted molar refractivity (Wildman–Crippen MR) is 101 cm³/mol. The Hall–Kier alpha value is -2.12. The van der Waals surface area contributed by atoms with E-state index >= 15 is 0 Å². The highest BCUT2D eigenvalue weighted by Gasteiger charge is 2.24. The van der Waals surface area contributed by atoms with Gasteiger partial charge in [0, 0.05) is 37.4 Å². The molecule has 0 spiro atoms. The number of amides is 1. The third-order valence-electron chi connectivity index (χ3n) is 4.33. The standard InChI is InChI=1S/C17H18ClN5OS/c1-22-9-11(8-19-22)16(24)20-13-3-2-6-23(10-13)17-21-14-5-4-12(18)7-15(14)25-17/h4-5,7-9,13H,2-3,6,10H2,1H3,(H,20,24). The molecule has 3 heterocycles. The van der Waals surface area contributed by atoms with E-state index < -0.39 is 0 Å². The van der Waals surface area contributed by atoms with E-state index in [-0.39, 0.29) is 11.9 Å². The molecule has 25 heavy (non-hydrogen) atoms. The molecular weight excluding hydrogens is 358 g/mol. The quantitative estimate of drug-likeness (QED) is 0.764. The Labute approximate surface area is 154 Å². The van der Waals surface area contributed by atoms with Gasteiger partial charge >= 0.3 is 0 Å². The number of piperidine rings is 1. The van der Waals surface area contributed by atoms with E-state index in [0.717, 1.165) is 46.3 Å². The molecule has 1 atom stereocenters. The van der Waals surface area contributed by atoms with Crippen LogP contribution in [0.5, 0.6) is 0 Å². The first-order valence-corrected chi connectivity index (χ1v) is 9.38. The molecule has 1 aromatic carbocycles. The third kappa shape index (κ3) is 3.48. The SMILES string of the molecule is Cn1cc(C(=O)NC2CCCN(c3nc4ccc(Cl)cc4s3)C2)cn1. The molecule has 1 amide bonds. The Morgan fingerprint density at radius 2 is 2.32 bits per heavy atom. The molecule has 8 heteroatoms. The number of rotatable bonds is 3. The number of nitrogens with one attached hydrogen (secondary N) is 1. The number of hydrogen-bond donors (Lipinski definition) is 1. The van der Waals surface area contributed by atoms with Gasteiger partial charge in [0.05, 0.1) is 22.0 Å². The number of thiazole rings is 1. The Bertz CT molecular complexity index is 921. The van der Waals surface area contributed by atoms with Gasteiger partial charge < -0.3 is 10.2 Å². The van der Waals surface area contributed by atoms with Crippen LogP contribution >= 0.6 is 22.9 Å². The van der Waals surface area contributed by atoms with Gasteiger partial charge in [-0.15, -0.1) is 0 Å². The minimum Gasteiger partial charge on any atom is -0.347 e. The van der Waals surface area contributed by atoms with E-state index in [9.17, 15) is 4.79 Å². The summed E-state index contributed by atoms with van der Waals surface area (Å²) in [6.07, 6.45) is 5.31. The van der Waals surface area contributed by atoms with Gasteiger partial charge in [-0.2, -0.15) is 5.10 Å². The zero-order valence-electron chi connectivity index (χ0n) is 13.8. The molecule has 1 saturated heterocycles. The summed E-state index contributed by atoms with van der Waals surface area (Å²) < 4.78 is 2.72. The van der Waals surface area contributed by atoms with Crippen molar-refractivity contribution >= 4 is 44.2 Å². The Morgan fingerprint density at radius 3 is 3.12 bits per heavy atom. The monoisotopic (exact) mass is 375 g/mol. The number of nitrogens with zero attached hydrogens (tertiary/aromatic N) is 4. The van der Waals surface area contributed by atoms with Crippen molar-refractivity contribution in [3.8, 4) is 0 Å². The molecule has 0 radical (unpaired) electrons. The first-order chi connectivity index (χ1) is 12.1. The maximum absolute atomic E-state index is 12.3. The number of aryl methyl sites for hydroxylation is 1. The lowest BCUT2D eigenvalue weighted by Crippen LogP contribution is -2.47. The number of carbonyl (C=O) groups excluding carboxylic acids is 1. The third-order valence-corrected chi connectivity index (χ3v) is 5.65. The molecule has 2 aromatic heterocycles. The van der Waals surface area contributed by atoms with Gasteiger partial charge in [0.15, 0.2) is 5.13 Å². The number of fused-ring (bicyclic) bond motifs is 1. The maximum Gasteiger partial charge on any atom is 0.254 e. The van der Waals surface area contributed by atoms with Crippen LogP contribution in [0.4, 0.5) is 5.13 Å². The van der Waals surface area contributed by atoms with E-state index in [2.05, 4.69) is 15.3 Å². The lowest BCUT2D eigenvalue weighted by Gasteiger charge is -2.32. The highest BCUT2D eigenvalue weighted by atomic mass is 35.5. The van der Waals surface area contributed by atoms with E-state index in [1.807, 2.05) is 18.2 Å². The lowest BCUT2D eigenvalue weighted by atomic mass is 10.1. The van der Waals surface area contributed by atoms with Crippen LogP contribution in [0.3, 0.4) is 0 Å². The lowest BCUT2D eigenvalue weighted by molar-refractivity contribution is 0.0933. The van der Waals surface area contributed by atoms with Crippen molar-refractivity contribution in [3.63, 3.8) is 0 Å². The first kappa shape index (κ1) is 16.4. The van der Waals surface area contributed by atoms with Crippen LogP contribution in [0.25, 0.3) is 10.2 Å². The summed E-state index contributed by atoms with van der Waals surface area (Å²) >= 11 is 7.71. The summed E-state index contributed by atoms with van der Waals surface area (Å²) in [4.78, 5) is 19.3. The van der Waals surface area contributed by atoms with Crippen LogP contribution in [0.2, 0.25) is 5.02 Å². The smallest absolute Gasteiger partial charge is 0.254 e. The Kier molecular flexibility index (Phi) is 4.35. The summed E-state index contributed by atoms with van der Waals surface area (Å²) in [5.74, 6) is -0.0731. The van der Waals surface area contributed by atoms with Crippen molar-refractivity contribution < 1.29 is 4.79 Å². The van der Waals surface area contributed by atoms with Crippen LogP contribution in [0.1, 0.15) is 23.2 Å². The van der Waals surface area contributed by atoms with Gasteiger partial charge in [0.25, 0.3) is 5.91 Å². The maximum atomic E-state index is 12.3. The topological polar surface area (TPSA) is 63.1 Å². The second kappa shape index (κ2) is 6.65. The summed E-state index contributed by atoms with van der Waals surface area (Å²) in [6.45, 7) is 1.71. The summed E-state index contributed by atoms with van der Waals surface area (Å²) in [6, 6.07) is 5.87. The van der Waals surface area contributed by atoms with Crippen LogP contribution in [-0.4, -0.2) is 39.8 Å². The second-order valence-electron chi connectivity index (χ2n) is 6.27. The normalized spacial score (nSPS) is 17.8. The molecule has 0 bridgehead atoms. The number of halogens is 1. The Morgan fingerprint density at radius 1 is 1.44 bits per heavy atom. The van der Waals surface area contributed by atoms with Crippen molar-refractivity contribution in [2.75, 3.05) is 18.0 Å². The molecular formula is C17H18ClN5OS. The van der Waals surface area contributed by atoms with Gasteiger partial charge in [-0.1, -0.05) is 22.9 Å². The van der Waals surface area contributed by atoms with Crippen molar-refractivity contribution in [2.24, 2.45) is 7.05 Å². The van der Waals surface area contributed by atoms with Gasteiger partial charge in [-0.25, -0.2) is 4.98 Å². The molecule has 1 unspecified atom stereocenters. The van der Waals surface area contributed by atoms with Gasteiger partial charge in [-0.05, 0) is 31.0 Å². The van der Waals surface area contributed by atoms with E-state index in [1.165, 1.54) is 0 Å². The zero-order chi connectivity index (χ0) is 17.4. The molecule has 1 aliphatic heterocycles. The molecule has 130 valence electrons. The minimum absolute atomic E-state index is 0.0731. The van der Waals surface area contributed by atoms with E-state index in [0.29, 0.717) is 5.56 Å². The summed E-state index contributed by atoms with van der Waals surface area (Å²) in [7, 11) is 1.80. The second-order valence-corrected chi connectivity index (χ2v) is 7.72. The molecule has 4 rings (SSSR count). The fourth-order valence-corrected chi connectivity index (χ4v) is 4.37. The highest BCUT2D eigenvalue weighted by molar-refractivity contribution is 7.22. The van der Waals surface area contributed by atoms with Gasteiger partial charge in [0.1, 0.15) is 0 Å². The zero-order valence-corrected chi connectivity index (χ0v) is 15.3. The van der Waals surface area contributed by atoms with Crippen molar-refractivity contribution in [1.82, 2.24) is 20.1 Å².